The van der Waals surface area contributed by atoms with Crippen molar-refractivity contribution in [2.24, 2.45) is 0 Å². The highest BCUT2D eigenvalue weighted by molar-refractivity contribution is 6.30. The third-order valence-corrected chi connectivity index (χ3v) is 5.34. The van der Waals surface area contributed by atoms with Crippen LogP contribution in [0.15, 0.2) is 78.9 Å². The van der Waals surface area contributed by atoms with Crippen molar-refractivity contribution < 1.29 is 9.53 Å². The van der Waals surface area contributed by atoms with Crippen molar-refractivity contribution in [2.45, 2.75) is 53.0 Å². The molecule has 0 aliphatic carbocycles. The molecule has 1 heterocycles. The van der Waals surface area contributed by atoms with E-state index in [1.54, 1.807) is 0 Å². The molecular formula is C29H37ClN2O2. The summed E-state index contributed by atoms with van der Waals surface area (Å²) < 4.78 is 6.04. The van der Waals surface area contributed by atoms with E-state index in [1.165, 1.54) is 6.42 Å². The normalized spacial score (nSPS) is 13.0. The van der Waals surface area contributed by atoms with Gasteiger partial charge >= 0.3 is 0 Å². The molecule has 3 aromatic carbocycles. The van der Waals surface area contributed by atoms with Crippen molar-refractivity contribution in [1.29, 1.82) is 0 Å². The van der Waals surface area contributed by atoms with Gasteiger partial charge in [-0.1, -0.05) is 76.0 Å². The second-order valence-electron chi connectivity index (χ2n) is 7.84. The average Bonchev–Trinajstić information content (AvgIpc) is 2.89. The van der Waals surface area contributed by atoms with E-state index < -0.39 is 0 Å². The molecule has 1 N–H and O–H groups in total. The maximum absolute atomic E-state index is 12.6. The van der Waals surface area contributed by atoms with Gasteiger partial charge in [0.1, 0.15) is 5.75 Å². The van der Waals surface area contributed by atoms with Crippen molar-refractivity contribution in [3.05, 3.63) is 89.4 Å². The molecule has 0 unspecified atom stereocenters. The molecule has 3 aromatic rings. The van der Waals surface area contributed by atoms with Crippen LogP contribution in [0.25, 0.3) is 0 Å². The average molecular weight is 481 g/mol. The smallest absolute Gasteiger partial charge is 0.253 e. The van der Waals surface area contributed by atoms with Crippen LogP contribution in [-0.2, 0) is 0 Å². The molecule has 0 radical (unpaired) electrons. The van der Waals surface area contributed by atoms with Crippen molar-refractivity contribution >= 4 is 23.2 Å². The minimum Gasteiger partial charge on any atom is -0.455 e. The van der Waals surface area contributed by atoms with Crippen LogP contribution in [0.1, 0.15) is 57.3 Å². The Hall–Kier alpha value is -2.98. The number of nitrogens with zero attached hydrogens (tertiary/aromatic N) is 1. The first-order valence-electron chi connectivity index (χ1n) is 12.2. The van der Waals surface area contributed by atoms with E-state index in [2.05, 4.69) is 19.2 Å². The summed E-state index contributed by atoms with van der Waals surface area (Å²) >= 11 is 5.95. The molecule has 1 aliphatic rings. The number of para-hydroxylation sites is 2. The molecule has 1 saturated heterocycles. The lowest BCUT2D eigenvalue weighted by atomic mass is 10.0. The predicted molar refractivity (Wildman–Crippen MR) is 144 cm³/mol. The number of piperidine rings is 1. The predicted octanol–water partition coefficient (Wildman–Crippen LogP) is 8.29. The first-order valence-corrected chi connectivity index (χ1v) is 12.6. The summed E-state index contributed by atoms with van der Waals surface area (Å²) in [6.07, 6.45) is 3.04. The molecule has 4 rings (SSSR count). The van der Waals surface area contributed by atoms with Gasteiger partial charge in [-0.05, 0) is 61.4 Å². The summed E-state index contributed by atoms with van der Waals surface area (Å²) in [5.74, 6) is 1.63. The zero-order chi connectivity index (χ0) is 24.8. The fourth-order valence-electron chi connectivity index (χ4n) is 3.51. The Bertz CT molecular complexity index is 969. The van der Waals surface area contributed by atoms with Gasteiger partial charge in [0.25, 0.3) is 5.91 Å². The molecule has 1 fully saturated rings. The number of benzene rings is 3. The molecule has 182 valence electrons. The fraction of sp³-hybridized carbons (Fsp3) is 0.345. The van der Waals surface area contributed by atoms with Crippen molar-refractivity contribution in [1.82, 2.24) is 4.90 Å². The Morgan fingerprint density at radius 3 is 2.09 bits per heavy atom. The van der Waals surface area contributed by atoms with Gasteiger partial charge in [-0.15, -0.1) is 0 Å². The maximum atomic E-state index is 12.6. The zero-order valence-electron chi connectivity index (χ0n) is 20.8. The summed E-state index contributed by atoms with van der Waals surface area (Å²) in [4.78, 5) is 14.6. The van der Waals surface area contributed by atoms with Crippen LogP contribution >= 0.6 is 11.6 Å². The van der Waals surface area contributed by atoms with Crippen LogP contribution in [-0.4, -0.2) is 29.9 Å². The number of halogens is 1. The number of nitrogens with one attached hydrogen (secondary N) is 1. The number of anilines is 1. The molecule has 1 amide bonds. The largest absolute Gasteiger partial charge is 0.455 e. The Balaban J connectivity index is 0.000000758. The minimum atomic E-state index is 0.107. The zero-order valence-corrected chi connectivity index (χ0v) is 21.5. The number of carbonyl (C=O) groups excluding carboxylic acids is 1. The van der Waals surface area contributed by atoms with Gasteiger partial charge in [0.05, 0.1) is 5.69 Å². The van der Waals surface area contributed by atoms with E-state index in [4.69, 9.17) is 16.3 Å². The number of hydrogen-bond donors (Lipinski definition) is 1. The molecule has 5 heteroatoms. The van der Waals surface area contributed by atoms with Crippen LogP contribution in [0, 0.1) is 0 Å². The van der Waals surface area contributed by atoms with E-state index in [0.29, 0.717) is 11.1 Å². The van der Waals surface area contributed by atoms with Gasteiger partial charge in [-0.2, -0.15) is 0 Å². The summed E-state index contributed by atoms with van der Waals surface area (Å²) in [5, 5.41) is 4.27. The van der Waals surface area contributed by atoms with Crippen LogP contribution in [0.5, 0.6) is 11.5 Å². The highest BCUT2D eigenvalue weighted by Gasteiger charge is 2.24. The summed E-state index contributed by atoms with van der Waals surface area (Å²) in [5.41, 5.74) is 1.70. The summed E-state index contributed by atoms with van der Waals surface area (Å²) in [6.45, 7) is 9.73. The molecule has 0 saturated carbocycles. The number of rotatable bonds is 5. The highest BCUT2D eigenvalue weighted by atomic mass is 35.5. The lowest BCUT2D eigenvalue weighted by molar-refractivity contribution is 0.0718. The second-order valence-corrected chi connectivity index (χ2v) is 8.27. The summed E-state index contributed by atoms with van der Waals surface area (Å²) in [7, 11) is 0. The maximum Gasteiger partial charge on any atom is 0.253 e. The minimum absolute atomic E-state index is 0.107. The Labute approximate surface area is 209 Å². The number of hydrogen-bond acceptors (Lipinski definition) is 3. The van der Waals surface area contributed by atoms with E-state index in [1.807, 2.05) is 97.6 Å². The van der Waals surface area contributed by atoms with Gasteiger partial charge in [-0.3, -0.25) is 4.79 Å². The Kier molecular flexibility index (Phi) is 12.0. The van der Waals surface area contributed by atoms with Crippen molar-refractivity contribution in [3.63, 3.8) is 0 Å². The molecule has 0 atom stereocenters. The molecule has 4 nitrogen and oxygen atoms in total. The Morgan fingerprint density at radius 1 is 0.912 bits per heavy atom. The first-order chi connectivity index (χ1) is 16.6. The SMILES string of the molecule is CC.CCC.O=C(c1ccccc1)N1CCC(Nc2ccccc2Oc2ccc(Cl)cc2)CC1. The van der Waals surface area contributed by atoms with Gasteiger partial charge in [0.15, 0.2) is 5.75 Å². The van der Waals surface area contributed by atoms with E-state index >= 15 is 0 Å². The number of carbonyl (C=O) groups is 1. The van der Waals surface area contributed by atoms with E-state index in [-0.39, 0.29) is 5.91 Å². The lowest BCUT2D eigenvalue weighted by Gasteiger charge is -2.33. The van der Waals surface area contributed by atoms with Crippen LogP contribution < -0.4 is 10.1 Å². The van der Waals surface area contributed by atoms with Gasteiger partial charge in [0.2, 0.25) is 0 Å². The van der Waals surface area contributed by atoms with Gasteiger partial charge in [-0.25, -0.2) is 0 Å². The van der Waals surface area contributed by atoms with Crippen LogP contribution in [0.3, 0.4) is 0 Å². The monoisotopic (exact) mass is 480 g/mol. The van der Waals surface area contributed by atoms with Gasteiger partial charge in [0, 0.05) is 29.7 Å². The highest BCUT2D eigenvalue weighted by Crippen LogP contribution is 2.31. The summed E-state index contributed by atoms with van der Waals surface area (Å²) in [6, 6.07) is 25.0. The molecule has 34 heavy (non-hydrogen) atoms. The van der Waals surface area contributed by atoms with Crippen molar-refractivity contribution in [2.75, 3.05) is 18.4 Å². The quantitative estimate of drug-likeness (QED) is 0.399. The fourth-order valence-corrected chi connectivity index (χ4v) is 3.64. The van der Waals surface area contributed by atoms with Crippen LogP contribution in [0.4, 0.5) is 5.69 Å². The molecule has 0 bridgehead atoms. The van der Waals surface area contributed by atoms with Gasteiger partial charge < -0.3 is 15.0 Å². The van der Waals surface area contributed by atoms with Crippen molar-refractivity contribution in [3.8, 4) is 11.5 Å². The number of ether oxygens (including phenoxy) is 1. The molecule has 1 aliphatic heterocycles. The first kappa shape index (κ1) is 27.3. The second kappa shape index (κ2) is 15.0. The third kappa shape index (κ3) is 8.42. The van der Waals surface area contributed by atoms with E-state index in [0.717, 1.165) is 48.7 Å². The topological polar surface area (TPSA) is 41.6 Å². The molecular weight excluding hydrogens is 444 g/mol. The standard InChI is InChI=1S/C24H23ClN2O2.C3H8.C2H6/c25-19-10-12-21(13-11-19)29-23-9-5-4-8-22(23)26-20-14-16-27(17-15-20)24(28)18-6-2-1-3-7-18;1-3-2;1-2/h1-13,20,26H,14-17H2;3H2,1-2H3;1-2H3. The molecule has 0 spiro atoms. The number of amides is 1. The Morgan fingerprint density at radius 2 is 1.47 bits per heavy atom. The lowest BCUT2D eigenvalue weighted by Crippen LogP contribution is -2.42. The van der Waals surface area contributed by atoms with Crippen LogP contribution in [0.2, 0.25) is 5.02 Å². The third-order valence-electron chi connectivity index (χ3n) is 5.09. The molecule has 0 aromatic heterocycles. The van der Waals surface area contributed by atoms with E-state index in [9.17, 15) is 4.79 Å². The number of likely N-dealkylation sites (tertiary alicyclic amines) is 1.